The molecule has 1 aliphatic carbocycles. The maximum absolute atomic E-state index is 13.0. The average Bonchev–Trinajstić information content (AvgIpc) is 3.31. The van der Waals surface area contributed by atoms with Crippen molar-refractivity contribution >= 4 is 27.5 Å². The van der Waals surface area contributed by atoms with Crippen LogP contribution in [0.25, 0.3) is 10.2 Å². The van der Waals surface area contributed by atoms with E-state index < -0.39 is 0 Å². The van der Waals surface area contributed by atoms with Crippen molar-refractivity contribution in [3.05, 3.63) is 64.9 Å². The number of fused-ring (bicyclic) bond motifs is 1. The van der Waals surface area contributed by atoms with Gasteiger partial charge in [0, 0.05) is 18.9 Å². The third-order valence-corrected chi connectivity index (χ3v) is 5.73. The molecule has 1 heterocycles. The highest BCUT2D eigenvalue weighted by molar-refractivity contribution is 7.18. The number of benzene rings is 2. The molecule has 3 nitrogen and oxygen atoms in total. The van der Waals surface area contributed by atoms with Crippen LogP contribution in [-0.4, -0.2) is 17.4 Å². The van der Waals surface area contributed by atoms with E-state index in [1.807, 2.05) is 18.2 Å². The molecule has 3 aromatic rings. The van der Waals surface area contributed by atoms with Crippen LogP contribution in [-0.2, 0) is 11.2 Å². The van der Waals surface area contributed by atoms with Gasteiger partial charge >= 0.3 is 0 Å². The lowest BCUT2D eigenvalue weighted by Crippen LogP contribution is -2.26. The average molecular weight is 354 g/mol. The second kappa shape index (κ2) is 6.92. The maximum atomic E-state index is 13.0. The van der Waals surface area contributed by atoms with Gasteiger partial charge in [0.2, 0.25) is 5.91 Å². The first kappa shape index (κ1) is 16.2. The number of nitrogens with zero attached hydrogens (tertiary/aromatic N) is 1. The van der Waals surface area contributed by atoms with E-state index in [-0.39, 0.29) is 23.6 Å². The number of carbonyl (C=O) groups excluding carboxylic acids is 1. The third kappa shape index (κ3) is 3.71. The summed E-state index contributed by atoms with van der Waals surface area (Å²) in [5.41, 5.74) is 2.10. The van der Waals surface area contributed by atoms with Crippen LogP contribution in [0.4, 0.5) is 4.39 Å². The number of para-hydroxylation sites is 1. The van der Waals surface area contributed by atoms with Gasteiger partial charge in [0.1, 0.15) is 5.82 Å². The molecule has 4 rings (SSSR count). The highest BCUT2D eigenvalue weighted by Gasteiger charge is 2.43. The Morgan fingerprint density at radius 3 is 2.80 bits per heavy atom. The lowest BCUT2D eigenvalue weighted by Gasteiger charge is -2.04. The Kier molecular flexibility index (Phi) is 4.49. The molecule has 0 radical (unpaired) electrons. The summed E-state index contributed by atoms with van der Waals surface area (Å²) in [5, 5.41) is 4.14. The predicted octanol–water partition coefficient (Wildman–Crippen LogP) is 4.29. The van der Waals surface area contributed by atoms with Crippen LogP contribution in [0.3, 0.4) is 0 Å². The van der Waals surface area contributed by atoms with Crippen molar-refractivity contribution in [1.82, 2.24) is 10.3 Å². The SMILES string of the molecule is O=C(NCCCc1nc2ccccc2s1)C1CC1c1ccc(F)cc1. The van der Waals surface area contributed by atoms with Crippen molar-refractivity contribution in [2.24, 2.45) is 5.92 Å². The van der Waals surface area contributed by atoms with Gasteiger partial charge in [-0.15, -0.1) is 11.3 Å². The van der Waals surface area contributed by atoms with E-state index in [1.165, 1.54) is 16.8 Å². The molecule has 2 unspecified atom stereocenters. The number of halogens is 1. The summed E-state index contributed by atoms with van der Waals surface area (Å²) in [6, 6.07) is 14.6. The van der Waals surface area contributed by atoms with Crippen molar-refractivity contribution in [1.29, 1.82) is 0 Å². The van der Waals surface area contributed by atoms with Gasteiger partial charge in [0.05, 0.1) is 15.2 Å². The van der Waals surface area contributed by atoms with Crippen molar-refractivity contribution in [2.75, 3.05) is 6.54 Å². The Balaban J connectivity index is 1.22. The number of amides is 1. The van der Waals surface area contributed by atoms with Crippen LogP contribution in [0, 0.1) is 11.7 Å². The Morgan fingerprint density at radius 2 is 2.00 bits per heavy atom. The second-order valence-electron chi connectivity index (χ2n) is 6.47. The molecule has 1 saturated carbocycles. The molecule has 1 fully saturated rings. The van der Waals surface area contributed by atoms with Crippen molar-refractivity contribution in [2.45, 2.75) is 25.2 Å². The zero-order valence-corrected chi connectivity index (χ0v) is 14.6. The lowest BCUT2D eigenvalue weighted by atomic mass is 10.1. The summed E-state index contributed by atoms with van der Waals surface area (Å²) in [6.07, 6.45) is 2.63. The van der Waals surface area contributed by atoms with Gasteiger partial charge in [-0.25, -0.2) is 9.37 Å². The molecular formula is C20H19FN2OS. The standard InChI is InChI=1S/C20H19FN2OS/c21-14-9-7-13(8-10-14)15-12-16(15)20(24)22-11-3-6-19-23-17-4-1-2-5-18(17)25-19/h1-2,4-5,7-10,15-16H,3,6,11-12H2,(H,22,24). The number of nitrogens with one attached hydrogen (secondary N) is 1. The first-order valence-corrected chi connectivity index (χ1v) is 9.40. The van der Waals surface area contributed by atoms with Gasteiger partial charge in [-0.2, -0.15) is 0 Å². The zero-order chi connectivity index (χ0) is 17.2. The molecule has 0 spiro atoms. The van der Waals surface area contributed by atoms with Gasteiger partial charge in [0.25, 0.3) is 0 Å². The molecule has 128 valence electrons. The normalized spacial score (nSPS) is 19.1. The predicted molar refractivity (Wildman–Crippen MR) is 98.2 cm³/mol. The van der Waals surface area contributed by atoms with Gasteiger partial charge in [-0.3, -0.25) is 4.79 Å². The monoisotopic (exact) mass is 354 g/mol. The van der Waals surface area contributed by atoms with E-state index >= 15 is 0 Å². The van der Waals surface area contributed by atoms with E-state index in [0.717, 1.165) is 35.4 Å². The summed E-state index contributed by atoms with van der Waals surface area (Å²) in [4.78, 5) is 16.8. The minimum Gasteiger partial charge on any atom is -0.356 e. The molecule has 0 bridgehead atoms. The van der Waals surface area contributed by atoms with Crippen LogP contribution in [0.2, 0.25) is 0 Å². The fourth-order valence-corrected chi connectivity index (χ4v) is 4.18. The van der Waals surface area contributed by atoms with Gasteiger partial charge in [0.15, 0.2) is 0 Å². The highest BCUT2D eigenvalue weighted by atomic mass is 32.1. The molecule has 1 aliphatic rings. The lowest BCUT2D eigenvalue weighted by molar-refractivity contribution is -0.122. The molecule has 1 aromatic heterocycles. The minimum absolute atomic E-state index is 0.0351. The van der Waals surface area contributed by atoms with Gasteiger partial charge in [-0.05, 0) is 48.6 Å². The Morgan fingerprint density at radius 1 is 1.20 bits per heavy atom. The topological polar surface area (TPSA) is 42.0 Å². The van der Waals surface area contributed by atoms with E-state index in [4.69, 9.17) is 0 Å². The summed E-state index contributed by atoms with van der Waals surface area (Å²) in [5.74, 6) is 0.150. The quantitative estimate of drug-likeness (QED) is 0.671. The van der Waals surface area contributed by atoms with Gasteiger partial charge in [-0.1, -0.05) is 24.3 Å². The van der Waals surface area contributed by atoms with E-state index in [1.54, 1.807) is 23.5 Å². The first-order valence-electron chi connectivity index (χ1n) is 8.58. The summed E-state index contributed by atoms with van der Waals surface area (Å²) in [6.45, 7) is 0.668. The largest absolute Gasteiger partial charge is 0.356 e. The third-order valence-electron chi connectivity index (χ3n) is 4.63. The number of hydrogen-bond acceptors (Lipinski definition) is 3. The number of carbonyl (C=O) groups is 1. The van der Waals surface area contributed by atoms with Crippen LogP contribution in [0.1, 0.15) is 29.3 Å². The van der Waals surface area contributed by atoms with E-state index in [0.29, 0.717) is 6.54 Å². The van der Waals surface area contributed by atoms with Crippen LogP contribution in [0.15, 0.2) is 48.5 Å². The highest BCUT2D eigenvalue weighted by Crippen LogP contribution is 2.47. The maximum Gasteiger partial charge on any atom is 0.223 e. The van der Waals surface area contributed by atoms with Crippen LogP contribution in [0.5, 0.6) is 0 Å². The number of aryl methyl sites for hydroxylation is 1. The Labute approximate surface area is 149 Å². The summed E-state index contributed by atoms with van der Waals surface area (Å²) in [7, 11) is 0. The fraction of sp³-hybridized carbons (Fsp3) is 0.300. The zero-order valence-electron chi connectivity index (χ0n) is 13.7. The molecule has 0 saturated heterocycles. The van der Waals surface area contributed by atoms with Crippen LogP contribution < -0.4 is 5.32 Å². The second-order valence-corrected chi connectivity index (χ2v) is 7.59. The molecule has 2 atom stereocenters. The van der Waals surface area contributed by atoms with Crippen molar-refractivity contribution in [3.63, 3.8) is 0 Å². The van der Waals surface area contributed by atoms with Crippen molar-refractivity contribution < 1.29 is 9.18 Å². The smallest absolute Gasteiger partial charge is 0.223 e. The van der Waals surface area contributed by atoms with Crippen LogP contribution >= 0.6 is 11.3 Å². The van der Waals surface area contributed by atoms with E-state index in [2.05, 4.69) is 16.4 Å². The summed E-state index contributed by atoms with van der Waals surface area (Å²) >= 11 is 1.72. The molecule has 0 aliphatic heterocycles. The minimum atomic E-state index is -0.236. The summed E-state index contributed by atoms with van der Waals surface area (Å²) < 4.78 is 14.2. The molecular weight excluding hydrogens is 335 g/mol. The van der Waals surface area contributed by atoms with E-state index in [9.17, 15) is 9.18 Å². The van der Waals surface area contributed by atoms with Crippen molar-refractivity contribution in [3.8, 4) is 0 Å². The molecule has 5 heteroatoms. The molecule has 2 aromatic carbocycles. The van der Waals surface area contributed by atoms with Gasteiger partial charge < -0.3 is 5.32 Å². The Bertz CT molecular complexity index is 857. The Hall–Kier alpha value is -2.27. The number of aromatic nitrogens is 1. The number of rotatable bonds is 6. The fourth-order valence-electron chi connectivity index (χ4n) is 3.17. The molecule has 1 N–H and O–H groups in total. The number of hydrogen-bond donors (Lipinski definition) is 1. The first-order chi connectivity index (χ1) is 12.2. The number of thiazole rings is 1. The molecule has 1 amide bonds. The molecule has 25 heavy (non-hydrogen) atoms.